The van der Waals surface area contributed by atoms with Crippen LogP contribution >= 0.6 is 0 Å². The first kappa shape index (κ1) is 24.8. The molecule has 3 aromatic carbocycles. The number of carbonyl (C=O) groups is 4. The van der Waals surface area contributed by atoms with Crippen molar-refractivity contribution in [2.75, 3.05) is 7.11 Å². The number of ether oxygens (including phenoxy) is 3. The minimum absolute atomic E-state index is 0.0580. The number of carbonyl (C=O) groups excluding carboxylic acids is 3. The van der Waals surface area contributed by atoms with Crippen LogP contribution in [0.4, 0.5) is 0 Å². The average molecular weight is 450 g/mol. The van der Waals surface area contributed by atoms with Crippen LogP contribution in [-0.4, -0.2) is 36.1 Å². The van der Waals surface area contributed by atoms with Gasteiger partial charge in [0.2, 0.25) is 0 Å². The molecule has 170 valence electrons. The van der Waals surface area contributed by atoms with Gasteiger partial charge in [0, 0.05) is 0 Å². The molecule has 1 N–H and O–H groups in total. The van der Waals surface area contributed by atoms with E-state index >= 15 is 0 Å². The van der Waals surface area contributed by atoms with Gasteiger partial charge in [0.05, 0.1) is 29.4 Å². The highest BCUT2D eigenvalue weighted by atomic mass is 16.5. The molecule has 0 bridgehead atoms. The fourth-order valence-corrected chi connectivity index (χ4v) is 2.52. The SMILES string of the molecule is CC.COC(=O)c1ccc(C(=O)Oc2ccc(OC(=O)c3ccc(C(=O)O)cc3)cc2)cc1. The molecule has 0 spiro atoms. The Kier molecular flexibility index (Phi) is 8.87. The topological polar surface area (TPSA) is 116 Å². The first-order valence-electron chi connectivity index (χ1n) is 9.93. The number of carboxylic acid groups (broad SMARTS) is 1. The van der Waals surface area contributed by atoms with Gasteiger partial charge in [0.1, 0.15) is 11.5 Å². The predicted molar refractivity (Wildman–Crippen MR) is 119 cm³/mol. The van der Waals surface area contributed by atoms with E-state index in [1.165, 1.54) is 79.9 Å². The molecule has 33 heavy (non-hydrogen) atoms. The molecule has 0 aliphatic rings. The van der Waals surface area contributed by atoms with Crippen molar-refractivity contribution in [2.45, 2.75) is 13.8 Å². The van der Waals surface area contributed by atoms with E-state index in [0.29, 0.717) is 5.56 Å². The van der Waals surface area contributed by atoms with Crippen LogP contribution in [0.15, 0.2) is 72.8 Å². The van der Waals surface area contributed by atoms with Crippen molar-refractivity contribution in [1.29, 1.82) is 0 Å². The van der Waals surface area contributed by atoms with E-state index in [1.54, 1.807) is 0 Å². The van der Waals surface area contributed by atoms with Crippen molar-refractivity contribution < 1.29 is 38.5 Å². The van der Waals surface area contributed by atoms with Gasteiger partial charge in [-0.15, -0.1) is 0 Å². The molecular formula is C25H22O8. The molecule has 3 rings (SSSR count). The summed E-state index contributed by atoms with van der Waals surface area (Å²) in [6, 6.07) is 16.9. The number of aromatic carboxylic acids is 1. The lowest BCUT2D eigenvalue weighted by atomic mass is 10.1. The van der Waals surface area contributed by atoms with Gasteiger partial charge in [-0.1, -0.05) is 13.8 Å². The second kappa shape index (κ2) is 11.8. The van der Waals surface area contributed by atoms with E-state index < -0.39 is 23.9 Å². The van der Waals surface area contributed by atoms with Gasteiger partial charge in [-0.2, -0.15) is 0 Å². The Hall–Kier alpha value is -4.46. The van der Waals surface area contributed by atoms with Gasteiger partial charge in [0.25, 0.3) is 0 Å². The van der Waals surface area contributed by atoms with Crippen molar-refractivity contribution in [3.8, 4) is 11.5 Å². The highest BCUT2D eigenvalue weighted by molar-refractivity contribution is 5.95. The van der Waals surface area contributed by atoms with E-state index in [4.69, 9.17) is 14.6 Å². The van der Waals surface area contributed by atoms with E-state index in [1.807, 2.05) is 13.8 Å². The van der Waals surface area contributed by atoms with Crippen LogP contribution in [0.25, 0.3) is 0 Å². The highest BCUT2D eigenvalue weighted by Gasteiger charge is 2.13. The Bertz CT molecular complexity index is 1110. The van der Waals surface area contributed by atoms with E-state index in [2.05, 4.69) is 4.74 Å². The van der Waals surface area contributed by atoms with E-state index in [-0.39, 0.29) is 28.2 Å². The van der Waals surface area contributed by atoms with Crippen LogP contribution in [0.1, 0.15) is 55.3 Å². The van der Waals surface area contributed by atoms with Crippen molar-refractivity contribution >= 4 is 23.9 Å². The number of carboxylic acids is 1. The minimum Gasteiger partial charge on any atom is -0.478 e. The number of esters is 3. The molecule has 8 heteroatoms. The monoisotopic (exact) mass is 450 g/mol. The molecule has 0 aliphatic heterocycles. The molecule has 0 aliphatic carbocycles. The van der Waals surface area contributed by atoms with Crippen molar-refractivity contribution in [1.82, 2.24) is 0 Å². The summed E-state index contributed by atoms with van der Waals surface area (Å²) in [5.74, 6) is -2.44. The average Bonchev–Trinajstić information content (AvgIpc) is 2.86. The zero-order valence-electron chi connectivity index (χ0n) is 18.2. The maximum Gasteiger partial charge on any atom is 0.343 e. The molecule has 0 amide bonds. The second-order valence-corrected chi connectivity index (χ2v) is 6.20. The highest BCUT2D eigenvalue weighted by Crippen LogP contribution is 2.20. The zero-order valence-corrected chi connectivity index (χ0v) is 18.2. The van der Waals surface area contributed by atoms with Crippen LogP contribution < -0.4 is 9.47 Å². The Balaban J connectivity index is 0.00000187. The normalized spacial score (nSPS) is 9.67. The van der Waals surface area contributed by atoms with Gasteiger partial charge in [-0.05, 0) is 72.8 Å². The third-order valence-electron chi connectivity index (χ3n) is 4.15. The summed E-state index contributed by atoms with van der Waals surface area (Å²) in [7, 11) is 1.26. The van der Waals surface area contributed by atoms with Crippen LogP contribution in [0.3, 0.4) is 0 Å². The molecule has 0 saturated heterocycles. The summed E-state index contributed by atoms with van der Waals surface area (Å²) >= 11 is 0. The van der Waals surface area contributed by atoms with Crippen LogP contribution in [-0.2, 0) is 4.74 Å². The molecule has 8 nitrogen and oxygen atoms in total. The molecule has 0 fully saturated rings. The maximum atomic E-state index is 12.2. The number of hydrogen-bond donors (Lipinski definition) is 1. The Morgan fingerprint density at radius 2 is 0.848 bits per heavy atom. The van der Waals surface area contributed by atoms with Crippen LogP contribution in [0.5, 0.6) is 11.5 Å². The number of methoxy groups -OCH3 is 1. The molecule has 0 saturated carbocycles. The molecule has 0 heterocycles. The predicted octanol–water partition coefficient (Wildman–Crippen LogP) is 4.64. The fourth-order valence-electron chi connectivity index (χ4n) is 2.52. The van der Waals surface area contributed by atoms with Gasteiger partial charge >= 0.3 is 23.9 Å². The summed E-state index contributed by atoms with van der Waals surface area (Å²) < 4.78 is 15.1. The van der Waals surface area contributed by atoms with Crippen LogP contribution in [0, 0.1) is 0 Å². The number of rotatable bonds is 6. The van der Waals surface area contributed by atoms with E-state index in [0.717, 1.165) is 0 Å². The lowest BCUT2D eigenvalue weighted by Crippen LogP contribution is -2.10. The standard InChI is InChI=1S/C23H16O8.C2H6/c1-29-21(26)15-6-8-17(9-7-15)23(28)31-19-12-10-18(11-13-19)30-22(27)16-4-2-14(3-5-16)20(24)25;1-2/h2-13H,1H3,(H,24,25);1-2H3. The van der Waals surface area contributed by atoms with Crippen LogP contribution in [0.2, 0.25) is 0 Å². The number of hydrogen-bond acceptors (Lipinski definition) is 7. The van der Waals surface area contributed by atoms with Gasteiger partial charge in [-0.25, -0.2) is 19.2 Å². The molecule has 0 radical (unpaired) electrons. The summed E-state index contributed by atoms with van der Waals surface area (Å²) in [5.41, 5.74) is 0.800. The molecule has 3 aromatic rings. The lowest BCUT2D eigenvalue weighted by Gasteiger charge is -2.07. The first-order chi connectivity index (χ1) is 15.9. The Labute approximate surface area is 190 Å². The van der Waals surface area contributed by atoms with Gasteiger partial charge < -0.3 is 19.3 Å². The second-order valence-electron chi connectivity index (χ2n) is 6.20. The number of benzene rings is 3. The van der Waals surface area contributed by atoms with Gasteiger partial charge in [0.15, 0.2) is 0 Å². The Morgan fingerprint density at radius 3 is 1.15 bits per heavy atom. The van der Waals surface area contributed by atoms with Gasteiger partial charge in [-0.3, -0.25) is 0 Å². The largest absolute Gasteiger partial charge is 0.478 e. The third-order valence-corrected chi connectivity index (χ3v) is 4.15. The third kappa shape index (κ3) is 6.76. The molecular weight excluding hydrogens is 428 g/mol. The van der Waals surface area contributed by atoms with Crippen molar-refractivity contribution in [2.24, 2.45) is 0 Å². The fraction of sp³-hybridized carbons (Fsp3) is 0.120. The summed E-state index contributed by atoms with van der Waals surface area (Å²) in [6.07, 6.45) is 0. The minimum atomic E-state index is -1.09. The van der Waals surface area contributed by atoms with Crippen molar-refractivity contribution in [3.63, 3.8) is 0 Å². The Morgan fingerprint density at radius 1 is 0.545 bits per heavy atom. The quantitative estimate of drug-likeness (QED) is 0.427. The summed E-state index contributed by atoms with van der Waals surface area (Å²) in [6.45, 7) is 4.00. The van der Waals surface area contributed by atoms with E-state index in [9.17, 15) is 19.2 Å². The smallest absolute Gasteiger partial charge is 0.343 e. The maximum absolute atomic E-state index is 12.2. The molecule has 0 atom stereocenters. The lowest BCUT2D eigenvalue weighted by molar-refractivity contribution is 0.0598. The van der Waals surface area contributed by atoms with Crippen molar-refractivity contribution in [3.05, 3.63) is 95.1 Å². The zero-order chi connectivity index (χ0) is 24.4. The summed E-state index contributed by atoms with van der Waals surface area (Å²) in [5, 5.41) is 8.88. The summed E-state index contributed by atoms with van der Waals surface area (Å²) in [4.78, 5) is 46.7. The molecule has 0 aromatic heterocycles. The molecule has 0 unspecified atom stereocenters. The first-order valence-corrected chi connectivity index (χ1v) is 9.93.